The van der Waals surface area contributed by atoms with Crippen molar-refractivity contribution in [2.75, 3.05) is 0 Å². The molecule has 0 bridgehead atoms. The third-order valence-electron chi connectivity index (χ3n) is 13.0. The van der Waals surface area contributed by atoms with Crippen molar-refractivity contribution in [2.45, 2.75) is 119 Å². The average Bonchev–Trinajstić information content (AvgIpc) is 3.15. The molecule has 1 N–H and O–H groups in total. The van der Waals surface area contributed by atoms with E-state index in [0.29, 0.717) is 34.0 Å². The molecule has 9 atom stereocenters. The summed E-state index contributed by atoms with van der Waals surface area (Å²) in [6.45, 7) is 21.2. The van der Waals surface area contributed by atoms with Crippen molar-refractivity contribution >= 4 is 5.97 Å². The van der Waals surface area contributed by atoms with Crippen molar-refractivity contribution in [3.8, 4) is 0 Å². The second-order valence-corrected chi connectivity index (χ2v) is 13.9. The van der Waals surface area contributed by atoms with Gasteiger partial charge in [0.05, 0.1) is 5.41 Å². The van der Waals surface area contributed by atoms with Crippen LogP contribution in [0.15, 0.2) is 12.7 Å². The van der Waals surface area contributed by atoms with Gasteiger partial charge in [-0.2, -0.15) is 0 Å². The van der Waals surface area contributed by atoms with Crippen molar-refractivity contribution in [1.82, 2.24) is 0 Å². The van der Waals surface area contributed by atoms with Gasteiger partial charge in [0.15, 0.2) is 0 Å². The second kappa shape index (κ2) is 8.12. The molecule has 188 valence electrons. The quantitative estimate of drug-likeness (QED) is 0.422. The lowest BCUT2D eigenvalue weighted by molar-refractivity contribution is -0.237. The molecule has 0 aliphatic heterocycles. The molecule has 5 rings (SSSR count). The molecule has 0 amide bonds. The van der Waals surface area contributed by atoms with E-state index in [1.807, 2.05) is 13.8 Å². The summed E-state index contributed by atoms with van der Waals surface area (Å²) in [6.07, 6.45) is 15.5. The van der Waals surface area contributed by atoms with Crippen LogP contribution in [0.2, 0.25) is 0 Å². The molecule has 5 aliphatic rings. The van der Waals surface area contributed by atoms with Gasteiger partial charge in [-0.1, -0.05) is 61.0 Å². The normalized spacial score (nSPS) is 52.2. The highest BCUT2D eigenvalue weighted by Crippen LogP contribution is 2.77. The Kier molecular flexibility index (Phi) is 6.23. The van der Waals surface area contributed by atoms with Crippen LogP contribution >= 0.6 is 0 Å². The Morgan fingerprint density at radius 3 is 2.15 bits per heavy atom. The first-order valence-electron chi connectivity index (χ1n) is 14.3. The van der Waals surface area contributed by atoms with Crippen LogP contribution in [-0.2, 0) is 4.79 Å². The van der Waals surface area contributed by atoms with Crippen LogP contribution in [0.4, 0.5) is 0 Å². The maximum atomic E-state index is 12.6. The minimum Gasteiger partial charge on any atom is -0.481 e. The van der Waals surface area contributed by atoms with Crippen LogP contribution in [0.3, 0.4) is 0 Å². The summed E-state index contributed by atoms with van der Waals surface area (Å²) in [5.74, 6) is 2.36. The van der Waals surface area contributed by atoms with Gasteiger partial charge in [-0.05, 0) is 115 Å². The Labute approximate surface area is 204 Å². The van der Waals surface area contributed by atoms with Crippen molar-refractivity contribution in [3.63, 3.8) is 0 Å². The Morgan fingerprint density at radius 2 is 1.52 bits per heavy atom. The highest BCUT2D eigenvalue weighted by molar-refractivity contribution is 5.76. The van der Waals surface area contributed by atoms with Crippen LogP contribution < -0.4 is 0 Å². The summed E-state index contributed by atoms with van der Waals surface area (Å²) in [5, 5.41) is 10.4. The Morgan fingerprint density at radius 1 is 0.818 bits per heavy atom. The summed E-state index contributed by atoms with van der Waals surface area (Å²) in [5.41, 5.74) is 1.04. The number of carboxylic acid groups (broad SMARTS) is 1. The SMILES string of the molecule is C=CC1CCC2(C(=O)O)CC[C@]3(C)C(CCC4C5(C)CCCC(C)(C)C5CCC43C)C12.CC. The standard InChI is InChI=1S/C29H46O2.C2H6/c1-7-19-11-16-29(24(30)31)18-17-27(5)20(23(19)29)9-10-22-26(4)14-8-13-25(2,3)21(26)12-15-28(22,27)6;1-2/h7,19-23H,1,8-18H2,2-6H3,(H,30,31);1-2H3/t19?,20?,21?,22?,23?,26?,27-,28?,29?;/m1./s1. The zero-order chi connectivity index (χ0) is 24.4. The molecule has 0 aromatic rings. The lowest BCUT2D eigenvalue weighted by atomic mass is 9.32. The predicted molar refractivity (Wildman–Crippen MR) is 138 cm³/mol. The molecular weight excluding hydrogens is 404 g/mol. The van der Waals surface area contributed by atoms with Crippen LogP contribution in [0.1, 0.15) is 119 Å². The molecular formula is C31H52O2. The number of carbonyl (C=O) groups is 1. The van der Waals surface area contributed by atoms with Crippen molar-refractivity contribution < 1.29 is 9.90 Å². The van der Waals surface area contributed by atoms with Gasteiger partial charge in [0.2, 0.25) is 0 Å². The molecule has 33 heavy (non-hydrogen) atoms. The number of allylic oxidation sites excluding steroid dienone is 1. The second-order valence-electron chi connectivity index (χ2n) is 13.9. The lowest BCUT2D eigenvalue weighted by Gasteiger charge is -2.72. The molecule has 5 aliphatic carbocycles. The lowest BCUT2D eigenvalue weighted by Crippen LogP contribution is -2.66. The monoisotopic (exact) mass is 456 g/mol. The van der Waals surface area contributed by atoms with Gasteiger partial charge in [-0.25, -0.2) is 0 Å². The van der Waals surface area contributed by atoms with Crippen LogP contribution in [0.5, 0.6) is 0 Å². The molecule has 0 spiro atoms. The number of carboxylic acids is 1. The first-order chi connectivity index (χ1) is 15.5. The van der Waals surface area contributed by atoms with E-state index in [2.05, 4.69) is 47.3 Å². The van der Waals surface area contributed by atoms with Crippen molar-refractivity contribution in [3.05, 3.63) is 12.7 Å². The number of hydrogen-bond donors (Lipinski definition) is 1. The maximum absolute atomic E-state index is 12.6. The summed E-state index contributed by atoms with van der Waals surface area (Å²) in [7, 11) is 0. The van der Waals surface area contributed by atoms with Crippen LogP contribution in [0.25, 0.3) is 0 Å². The van der Waals surface area contributed by atoms with Crippen LogP contribution in [0, 0.1) is 56.7 Å². The van der Waals surface area contributed by atoms with Gasteiger partial charge >= 0.3 is 5.97 Å². The van der Waals surface area contributed by atoms with E-state index in [0.717, 1.165) is 37.5 Å². The largest absolute Gasteiger partial charge is 0.481 e. The van der Waals surface area contributed by atoms with E-state index in [-0.39, 0.29) is 5.41 Å². The number of hydrogen-bond acceptors (Lipinski definition) is 1. The van der Waals surface area contributed by atoms with E-state index in [4.69, 9.17) is 0 Å². The van der Waals surface area contributed by atoms with Gasteiger partial charge < -0.3 is 5.11 Å². The Balaban J connectivity index is 0.00000126. The van der Waals surface area contributed by atoms with Gasteiger partial charge in [0.1, 0.15) is 0 Å². The molecule has 0 aromatic carbocycles. The van der Waals surface area contributed by atoms with E-state index in [1.54, 1.807) is 0 Å². The highest BCUT2D eigenvalue weighted by atomic mass is 16.4. The first-order valence-corrected chi connectivity index (χ1v) is 14.3. The minimum absolute atomic E-state index is 0.265. The molecule has 2 heteroatoms. The van der Waals surface area contributed by atoms with E-state index >= 15 is 0 Å². The molecule has 5 fully saturated rings. The van der Waals surface area contributed by atoms with Gasteiger partial charge in [0, 0.05) is 0 Å². The van der Waals surface area contributed by atoms with E-state index in [9.17, 15) is 9.90 Å². The summed E-state index contributed by atoms with van der Waals surface area (Å²) >= 11 is 0. The van der Waals surface area contributed by atoms with Gasteiger partial charge in [-0.15, -0.1) is 6.58 Å². The topological polar surface area (TPSA) is 37.3 Å². The molecule has 8 unspecified atom stereocenters. The number of rotatable bonds is 2. The summed E-state index contributed by atoms with van der Waals surface area (Å²) < 4.78 is 0. The fraction of sp³-hybridized carbons (Fsp3) is 0.903. The molecule has 0 heterocycles. The molecule has 0 aromatic heterocycles. The van der Waals surface area contributed by atoms with Crippen molar-refractivity contribution in [1.29, 1.82) is 0 Å². The summed E-state index contributed by atoms with van der Waals surface area (Å²) in [4.78, 5) is 12.6. The fourth-order valence-corrected chi connectivity index (χ4v) is 11.4. The average molecular weight is 457 g/mol. The number of aliphatic carboxylic acids is 1. The zero-order valence-electron chi connectivity index (χ0n) is 22.8. The number of fused-ring (bicyclic) bond motifs is 7. The maximum Gasteiger partial charge on any atom is 0.309 e. The first kappa shape index (κ1) is 25.3. The third-order valence-corrected chi connectivity index (χ3v) is 13.0. The highest BCUT2D eigenvalue weighted by Gasteiger charge is 2.71. The fourth-order valence-electron chi connectivity index (χ4n) is 11.4. The van der Waals surface area contributed by atoms with Crippen LogP contribution in [-0.4, -0.2) is 11.1 Å². The smallest absolute Gasteiger partial charge is 0.309 e. The molecule has 5 saturated carbocycles. The Hall–Kier alpha value is -0.790. The third kappa shape index (κ3) is 3.13. The van der Waals surface area contributed by atoms with Crippen molar-refractivity contribution in [2.24, 2.45) is 56.7 Å². The molecule has 2 nitrogen and oxygen atoms in total. The van der Waals surface area contributed by atoms with Gasteiger partial charge in [0.25, 0.3) is 0 Å². The van der Waals surface area contributed by atoms with Gasteiger partial charge in [-0.3, -0.25) is 4.79 Å². The Bertz CT molecular complexity index is 784. The molecule has 0 saturated heterocycles. The van der Waals surface area contributed by atoms with E-state index < -0.39 is 11.4 Å². The zero-order valence-corrected chi connectivity index (χ0v) is 22.8. The summed E-state index contributed by atoms with van der Waals surface area (Å²) in [6, 6.07) is 0. The molecule has 0 radical (unpaired) electrons. The van der Waals surface area contributed by atoms with E-state index in [1.165, 1.54) is 44.9 Å². The predicted octanol–water partition coefficient (Wildman–Crippen LogP) is 8.75. The minimum atomic E-state index is -0.513.